The largest absolute Gasteiger partial charge is 0.461 e. The molecule has 1 aliphatic rings. The van der Waals surface area contributed by atoms with Crippen LogP contribution in [0.1, 0.15) is 151 Å². The average Bonchev–Trinajstić information content (AvgIpc) is 2.90. The van der Waals surface area contributed by atoms with Crippen LogP contribution in [0.15, 0.2) is 70.9 Å². The number of rotatable bonds is 21. The van der Waals surface area contributed by atoms with Gasteiger partial charge in [-0.15, -0.1) is 0 Å². The van der Waals surface area contributed by atoms with Crippen molar-refractivity contribution in [3.8, 4) is 0 Å². The second kappa shape index (κ2) is 22.6. The molecule has 40 heavy (non-hydrogen) atoms. The summed E-state index contributed by atoms with van der Waals surface area (Å²) in [6.07, 6.45) is 38.3. The molecule has 2 nitrogen and oxygen atoms in total. The van der Waals surface area contributed by atoms with Gasteiger partial charge in [-0.25, -0.2) is 0 Å². The Morgan fingerprint density at radius 2 is 1.48 bits per heavy atom. The van der Waals surface area contributed by atoms with Gasteiger partial charge in [-0.3, -0.25) is 4.79 Å². The van der Waals surface area contributed by atoms with E-state index in [4.69, 9.17) is 4.74 Å². The van der Waals surface area contributed by atoms with Crippen molar-refractivity contribution in [2.75, 3.05) is 6.61 Å². The van der Waals surface area contributed by atoms with E-state index in [0.717, 1.165) is 18.4 Å². The van der Waals surface area contributed by atoms with Crippen LogP contribution < -0.4 is 0 Å². The van der Waals surface area contributed by atoms with Crippen LogP contribution in [0.3, 0.4) is 0 Å². The van der Waals surface area contributed by atoms with Crippen LogP contribution in [0.25, 0.3) is 0 Å². The predicted octanol–water partition coefficient (Wildman–Crippen LogP) is 12.1. The molecule has 0 amide bonds. The summed E-state index contributed by atoms with van der Waals surface area (Å²) in [5.74, 6) is -0.0817. The Balaban J connectivity index is 2.11. The lowest BCUT2D eigenvalue weighted by molar-refractivity contribution is -0.142. The van der Waals surface area contributed by atoms with E-state index in [-0.39, 0.29) is 11.4 Å². The van der Waals surface area contributed by atoms with Gasteiger partial charge in [0.05, 0.1) is 0 Å². The third kappa shape index (κ3) is 18.3. The lowest BCUT2D eigenvalue weighted by atomic mass is 9.72. The zero-order chi connectivity index (χ0) is 29.5. The molecule has 0 heterocycles. The summed E-state index contributed by atoms with van der Waals surface area (Å²) in [5, 5.41) is 0. The van der Waals surface area contributed by atoms with Crippen molar-refractivity contribution < 1.29 is 9.53 Å². The highest BCUT2D eigenvalue weighted by Gasteiger charge is 2.26. The Hall–Kier alpha value is -2.09. The quantitative estimate of drug-likeness (QED) is 0.0615. The number of carbonyl (C=O) groups is 1. The molecule has 0 radical (unpaired) electrons. The van der Waals surface area contributed by atoms with E-state index in [1.165, 1.54) is 107 Å². The molecule has 0 aromatic carbocycles. The molecular formula is C38H62O2. The monoisotopic (exact) mass is 550 g/mol. The lowest BCUT2D eigenvalue weighted by Crippen LogP contribution is -2.19. The van der Waals surface area contributed by atoms with E-state index in [1.54, 1.807) is 0 Å². The molecule has 0 fully saturated rings. The Morgan fingerprint density at radius 1 is 0.850 bits per heavy atom. The van der Waals surface area contributed by atoms with Crippen molar-refractivity contribution >= 4 is 5.97 Å². The Morgan fingerprint density at radius 3 is 2.12 bits per heavy atom. The van der Waals surface area contributed by atoms with Gasteiger partial charge in [-0.05, 0) is 89.2 Å². The summed E-state index contributed by atoms with van der Waals surface area (Å²) in [4.78, 5) is 12.0. The standard InChI is InChI=1S/C38H62O2/c1-7-8-9-10-11-12-13-14-15-16-17-18-19-20-21-27-37(39)40-32-30-34(3)25-22-24-33(2)28-29-36-35(4)26-23-31-38(36,5)6/h14-15,22,24-25,28-30H,7-13,16-21,23,26-27,31-32H2,1-6H3. The molecule has 0 N–H and O–H groups in total. The van der Waals surface area contributed by atoms with Crippen LogP contribution in [0, 0.1) is 5.41 Å². The number of hydrogen-bond acceptors (Lipinski definition) is 2. The summed E-state index contributed by atoms with van der Waals surface area (Å²) in [7, 11) is 0. The first-order valence-electron chi connectivity index (χ1n) is 16.5. The molecule has 1 aliphatic carbocycles. The van der Waals surface area contributed by atoms with Gasteiger partial charge < -0.3 is 4.74 Å². The van der Waals surface area contributed by atoms with Gasteiger partial charge in [-0.2, -0.15) is 0 Å². The third-order valence-corrected chi connectivity index (χ3v) is 8.07. The fourth-order valence-corrected chi connectivity index (χ4v) is 5.38. The average molecular weight is 551 g/mol. The highest BCUT2D eigenvalue weighted by Crippen LogP contribution is 2.40. The fourth-order valence-electron chi connectivity index (χ4n) is 5.38. The summed E-state index contributed by atoms with van der Waals surface area (Å²) in [6, 6.07) is 0. The van der Waals surface area contributed by atoms with Gasteiger partial charge in [0.25, 0.3) is 0 Å². The molecular weight excluding hydrogens is 488 g/mol. The van der Waals surface area contributed by atoms with Crippen LogP contribution in [0.4, 0.5) is 0 Å². The first-order chi connectivity index (χ1) is 19.3. The van der Waals surface area contributed by atoms with Crippen molar-refractivity contribution in [2.24, 2.45) is 5.41 Å². The number of unbranched alkanes of at least 4 members (excludes halogenated alkanes) is 11. The maximum atomic E-state index is 12.0. The lowest BCUT2D eigenvalue weighted by Gasteiger charge is -2.32. The Kier molecular flexibility index (Phi) is 20.3. The van der Waals surface area contributed by atoms with Crippen molar-refractivity contribution in [1.82, 2.24) is 0 Å². The Labute approximate surface area is 248 Å². The second-order valence-electron chi connectivity index (χ2n) is 12.5. The summed E-state index contributed by atoms with van der Waals surface area (Å²) < 4.78 is 5.40. The highest BCUT2D eigenvalue weighted by atomic mass is 16.5. The molecule has 0 aliphatic heterocycles. The molecule has 0 saturated heterocycles. The van der Waals surface area contributed by atoms with E-state index < -0.39 is 0 Å². The van der Waals surface area contributed by atoms with Gasteiger partial charge in [0.1, 0.15) is 6.61 Å². The molecule has 0 spiro atoms. The first-order valence-corrected chi connectivity index (χ1v) is 16.5. The van der Waals surface area contributed by atoms with E-state index >= 15 is 0 Å². The molecule has 0 aromatic rings. The smallest absolute Gasteiger partial charge is 0.306 e. The number of carbonyl (C=O) groups excluding carboxylic acids is 1. The molecule has 2 heteroatoms. The van der Waals surface area contributed by atoms with Crippen molar-refractivity contribution in [3.63, 3.8) is 0 Å². The van der Waals surface area contributed by atoms with Crippen molar-refractivity contribution in [2.45, 2.75) is 151 Å². The van der Waals surface area contributed by atoms with Gasteiger partial charge in [0.2, 0.25) is 0 Å². The maximum absolute atomic E-state index is 12.0. The number of allylic oxidation sites excluding steroid dienone is 11. The summed E-state index contributed by atoms with van der Waals surface area (Å²) in [6.45, 7) is 13.8. The summed E-state index contributed by atoms with van der Waals surface area (Å²) >= 11 is 0. The molecule has 0 saturated carbocycles. The highest BCUT2D eigenvalue weighted by molar-refractivity contribution is 5.69. The zero-order valence-corrected chi connectivity index (χ0v) is 27.2. The number of ether oxygens (including phenoxy) is 1. The molecule has 1 rings (SSSR count). The first kappa shape index (κ1) is 35.9. The van der Waals surface area contributed by atoms with Gasteiger partial charge >= 0.3 is 5.97 Å². The molecule has 0 atom stereocenters. The summed E-state index contributed by atoms with van der Waals surface area (Å²) in [5.41, 5.74) is 5.64. The fraction of sp³-hybridized carbons (Fsp3) is 0.658. The molecule has 226 valence electrons. The normalized spacial score (nSPS) is 16.6. The van der Waals surface area contributed by atoms with Gasteiger partial charge in [-0.1, -0.05) is 131 Å². The zero-order valence-electron chi connectivity index (χ0n) is 27.2. The van der Waals surface area contributed by atoms with E-state index in [9.17, 15) is 4.79 Å². The number of esters is 1. The van der Waals surface area contributed by atoms with Crippen LogP contribution in [0.5, 0.6) is 0 Å². The second-order valence-corrected chi connectivity index (χ2v) is 12.5. The topological polar surface area (TPSA) is 26.3 Å². The third-order valence-electron chi connectivity index (χ3n) is 8.07. The van der Waals surface area contributed by atoms with E-state index in [2.05, 4.69) is 77.2 Å². The van der Waals surface area contributed by atoms with E-state index in [1.807, 2.05) is 13.0 Å². The minimum atomic E-state index is -0.0817. The molecule has 0 aromatic heterocycles. The van der Waals surface area contributed by atoms with Crippen LogP contribution in [-0.2, 0) is 9.53 Å². The SMILES string of the molecule is CCCCCCCCC=CCCCCCCCC(=O)OCC=C(C)C=CC=C(C)C=CC1=C(C)CCCC1(C)C. The van der Waals surface area contributed by atoms with Gasteiger partial charge in [0.15, 0.2) is 0 Å². The van der Waals surface area contributed by atoms with E-state index in [0.29, 0.717) is 13.0 Å². The Bertz CT molecular complexity index is 875. The van der Waals surface area contributed by atoms with Crippen LogP contribution in [0.2, 0.25) is 0 Å². The van der Waals surface area contributed by atoms with Crippen molar-refractivity contribution in [3.05, 3.63) is 70.9 Å². The minimum absolute atomic E-state index is 0.0817. The predicted molar refractivity (Wildman–Crippen MR) is 177 cm³/mol. The van der Waals surface area contributed by atoms with Crippen LogP contribution >= 0.6 is 0 Å². The van der Waals surface area contributed by atoms with Crippen molar-refractivity contribution in [1.29, 1.82) is 0 Å². The molecule has 0 bridgehead atoms. The minimum Gasteiger partial charge on any atom is -0.461 e. The van der Waals surface area contributed by atoms with Crippen LogP contribution in [-0.4, -0.2) is 12.6 Å². The number of hydrogen-bond donors (Lipinski definition) is 0. The van der Waals surface area contributed by atoms with Gasteiger partial charge in [0, 0.05) is 6.42 Å². The maximum Gasteiger partial charge on any atom is 0.306 e. The molecule has 0 unspecified atom stereocenters.